The highest BCUT2D eigenvalue weighted by molar-refractivity contribution is 7.26. The van der Waals surface area contributed by atoms with Crippen molar-refractivity contribution in [2.45, 2.75) is 26.3 Å². The molecule has 4 heteroatoms. The van der Waals surface area contributed by atoms with Gasteiger partial charge in [-0.05, 0) is 30.5 Å². The van der Waals surface area contributed by atoms with Gasteiger partial charge in [0.25, 0.3) is 0 Å². The SMILES string of the molecule is CCCOCC(NCC)c1cc2sccc2s1. The molecule has 1 N–H and O–H groups in total. The van der Waals surface area contributed by atoms with Crippen LogP contribution in [0.4, 0.5) is 0 Å². The van der Waals surface area contributed by atoms with Gasteiger partial charge in [-0.25, -0.2) is 0 Å². The number of likely N-dealkylation sites (N-methyl/N-ethyl adjacent to an activating group) is 1. The fourth-order valence-electron chi connectivity index (χ4n) is 1.79. The minimum atomic E-state index is 0.344. The van der Waals surface area contributed by atoms with Crippen LogP contribution in [0.15, 0.2) is 17.5 Å². The summed E-state index contributed by atoms with van der Waals surface area (Å²) in [4.78, 5) is 1.39. The highest BCUT2D eigenvalue weighted by atomic mass is 32.1. The van der Waals surface area contributed by atoms with Crippen LogP contribution in [0.1, 0.15) is 31.2 Å². The fourth-order valence-corrected chi connectivity index (χ4v) is 3.97. The van der Waals surface area contributed by atoms with Crippen LogP contribution in [0.2, 0.25) is 0 Å². The summed E-state index contributed by atoms with van der Waals surface area (Å²) in [6.45, 7) is 6.88. The molecular formula is C13H19NOS2. The molecule has 0 radical (unpaired) electrons. The maximum atomic E-state index is 5.67. The molecule has 1 atom stereocenters. The molecule has 0 saturated carbocycles. The maximum Gasteiger partial charge on any atom is 0.0669 e. The Hall–Kier alpha value is -0.420. The Bertz CT molecular complexity index is 420. The summed E-state index contributed by atoms with van der Waals surface area (Å²) < 4.78 is 8.46. The van der Waals surface area contributed by atoms with Gasteiger partial charge in [-0.3, -0.25) is 0 Å². The van der Waals surface area contributed by atoms with E-state index in [1.165, 1.54) is 14.3 Å². The highest BCUT2D eigenvalue weighted by Gasteiger charge is 2.14. The maximum absolute atomic E-state index is 5.67. The molecule has 2 rings (SSSR count). The van der Waals surface area contributed by atoms with Gasteiger partial charge in [0.05, 0.1) is 12.6 Å². The van der Waals surface area contributed by atoms with Gasteiger partial charge >= 0.3 is 0 Å². The van der Waals surface area contributed by atoms with E-state index in [9.17, 15) is 0 Å². The molecule has 2 heterocycles. The fraction of sp³-hybridized carbons (Fsp3) is 0.538. The van der Waals surface area contributed by atoms with Gasteiger partial charge in [0.15, 0.2) is 0 Å². The monoisotopic (exact) mass is 269 g/mol. The van der Waals surface area contributed by atoms with Crippen molar-refractivity contribution in [3.05, 3.63) is 22.4 Å². The van der Waals surface area contributed by atoms with E-state index in [1.54, 1.807) is 0 Å². The Labute approximate surface area is 111 Å². The number of hydrogen-bond acceptors (Lipinski definition) is 4. The van der Waals surface area contributed by atoms with E-state index in [2.05, 4.69) is 36.7 Å². The van der Waals surface area contributed by atoms with E-state index in [4.69, 9.17) is 4.74 Å². The lowest BCUT2D eigenvalue weighted by atomic mass is 10.2. The largest absolute Gasteiger partial charge is 0.379 e. The predicted octanol–water partition coefficient (Wildman–Crippen LogP) is 4.04. The van der Waals surface area contributed by atoms with Crippen molar-refractivity contribution >= 4 is 32.1 Å². The first kappa shape index (κ1) is 13.0. The van der Waals surface area contributed by atoms with Crippen molar-refractivity contribution in [3.63, 3.8) is 0 Å². The summed E-state index contributed by atoms with van der Waals surface area (Å²) in [6.07, 6.45) is 1.08. The quantitative estimate of drug-likeness (QED) is 0.766. The van der Waals surface area contributed by atoms with E-state index in [0.717, 1.165) is 26.2 Å². The zero-order chi connectivity index (χ0) is 12.1. The van der Waals surface area contributed by atoms with Gasteiger partial charge in [0.2, 0.25) is 0 Å². The lowest BCUT2D eigenvalue weighted by Gasteiger charge is -2.16. The molecular weight excluding hydrogens is 250 g/mol. The molecule has 2 aromatic rings. The number of nitrogens with one attached hydrogen (secondary N) is 1. The molecule has 1 unspecified atom stereocenters. The van der Waals surface area contributed by atoms with Gasteiger partial charge in [0, 0.05) is 20.9 Å². The summed E-state index contributed by atoms with van der Waals surface area (Å²) in [5.41, 5.74) is 0. The van der Waals surface area contributed by atoms with Crippen LogP contribution in [-0.4, -0.2) is 19.8 Å². The van der Waals surface area contributed by atoms with Gasteiger partial charge in [-0.15, -0.1) is 22.7 Å². The summed E-state index contributed by atoms with van der Waals surface area (Å²) in [7, 11) is 0. The zero-order valence-electron chi connectivity index (χ0n) is 10.4. The minimum absolute atomic E-state index is 0.344. The molecule has 0 saturated heterocycles. The van der Waals surface area contributed by atoms with Crippen LogP contribution in [0, 0.1) is 0 Å². The lowest BCUT2D eigenvalue weighted by molar-refractivity contribution is 0.113. The van der Waals surface area contributed by atoms with Crippen LogP contribution in [0.3, 0.4) is 0 Å². The average Bonchev–Trinajstić information content (AvgIpc) is 2.88. The van der Waals surface area contributed by atoms with Crippen LogP contribution in [0.5, 0.6) is 0 Å². The summed E-state index contributed by atoms with van der Waals surface area (Å²) >= 11 is 3.69. The third-order valence-corrected chi connectivity index (χ3v) is 4.79. The first-order chi connectivity index (χ1) is 8.35. The Balaban J connectivity index is 2.06. The van der Waals surface area contributed by atoms with Crippen molar-refractivity contribution in [3.8, 4) is 0 Å². The van der Waals surface area contributed by atoms with Crippen LogP contribution in [0.25, 0.3) is 9.40 Å². The molecule has 0 aliphatic carbocycles. The van der Waals surface area contributed by atoms with Crippen molar-refractivity contribution in [2.75, 3.05) is 19.8 Å². The number of hydrogen-bond donors (Lipinski definition) is 1. The highest BCUT2D eigenvalue weighted by Crippen LogP contribution is 2.33. The first-order valence-corrected chi connectivity index (χ1v) is 7.82. The standard InChI is InChI=1S/C13H19NOS2/c1-3-6-15-9-10(14-4-2)12-8-13-11(17-12)5-7-16-13/h5,7-8,10,14H,3-4,6,9H2,1-2H3. The third-order valence-electron chi connectivity index (χ3n) is 2.59. The van der Waals surface area contributed by atoms with E-state index >= 15 is 0 Å². The van der Waals surface area contributed by atoms with E-state index in [-0.39, 0.29) is 0 Å². The van der Waals surface area contributed by atoms with Crippen LogP contribution < -0.4 is 5.32 Å². The van der Waals surface area contributed by atoms with Crippen molar-refractivity contribution in [1.29, 1.82) is 0 Å². The number of ether oxygens (including phenoxy) is 1. The van der Waals surface area contributed by atoms with Gasteiger partial charge < -0.3 is 10.1 Å². The Morgan fingerprint density at radius 2 is 2.24 bits per heavy atom. The lowest BCUT2D eigenvalue weighted by Crippen LogP contribution is -2.24. The third kappa shape index (κ3) is 3.28. The van der Waals surface area contributed by atoms with Gasteiger partial charge in [-0.1, -0.05) is 13.8 Å². The minimum Gasteiger partial charge on any atom is -0.379 e. The second kappa shape index (κ2) is 6.50. The molecule has 0 fully saturated rings. The molecule has 17 heavy (non-hydrogen) atoms. The van der Waals surface area contributed by atoms with Crippen LogP contribution >= 0.6 is 22.7 Å². The Kier molecular flexibility index (Phi) is 4.98. The molecule has 94 valence electrons. The summed E-state index contributed by atoms with van der Waals surface area (Å²) in [5.74, 6) is 0. The predicted molar refractivity (Wildman–Crippen MR) is 77.2 cm³/mol. The topological polar surface area (TPSA) is 21.3 Å². The zero-order valence-corrected chi connectivity index (χ0v) is 12.0. The summed E-state index contributed by atoms with van der Waals surface area (Å²) in [5, 5.41) is 5.65. The van der Waals surface area contributed by atoms with Crippen molar-refractivity contribution in [1.82, 2.24) is 5.32 Å². The van der Waals surface area contributed by atoms with Crippen LogP contribution in [-0.2, 0) is 4.74 Å². The average molecular weight is 269 g/mol. The van der Waals surface area contributed by atoms with Gasteiger partial charge in [-0.2, -0.15) is 0 Å². The number of fused-ring (bicyclic) bond motifs is 1. The number of thiophene rings is 2. The molecule has 0 spiro atoms. The molecule has 0 aliphatic rings. The normalized spacial score (nSPS) is 13.3. The smallest absolute Gasteiger partial charge is 0.0669 e. The molecule has 0 bridgehead atoms. The Morgan fingerprint density at radius 3 is 2.94 bits per heavy atom. The van der Waals surface area contributed by atoms with E-state index in [0.29, 0.717) is 6.04 Å². The molecule has 2 aromatic heterocycles. The first-order valence-electron chi connectivity index (χ1n) is 6.13. The second-order valence-electron chi connectivity index (χ2n) is 3.98. The van der Waals surface area contributed by atoms with Gasteiger partial charge in [0.1, 0.15) is 0 Å². The molecule has 0 aliphatic heterocycles. The number of rotatable bonds is 7. The summed E-state index contributed by atoms with van der Waals surface area (Å²) in [6, 6.07) is 4.84. The Morgan fingerprint density at radius 1 is 1.35 bits per heavy atom. The van der Waals surface area contributed by atoms with Crippen molar-refractivity contribution < 1.29 is 4.74 Å². The van der Waals surface area contributed by atoms with Crippen molar-refractivity contribution in [2.24, 2.45) is 0 Å². The molecule has 0 aromatic carbocycles. The molecule has 0 amide bonds. The van der Waals surface area contributed by atoms with E-state index in [1.807, 2.05) is 22.7 Å². The van der Waals surface area contributed by atoms with E-state index < -0.39 is 0 Å². The molecule has 2 nitrogen and oxygen atoms in total. The second-order valence-corrected chi connectivity index (χ2v) is 6.05.